The van der Waals surface area contributed by atoms with E-state index in [0.29, 0.717) is 19.4 Å². The zero-order valence-electron chi connectivity index (χ0n) is 14.8. The van der Waals surface area contributed by atoms with E-state index in [4.69, 9.17) is 67.3 Å². The molecular formula is C9H22CaN4O11. The molecule has 0 aliphatic carbocycles. The van der Waals surface area contributed by atoms with Crippen molar-refractivity contribution in [2.24, 2.45) is 22.2 Å². The molecule has 0 unspecified atom stereocenters. The molecule has 25 heavy (non-hydrogen) atoms. The van der Waals surface area contributed by atoms with Crippen molar-refractivity contribution in [1.29, 1.82) is 0 Å². The van der Waals surface area contributed by atoms with Crippen molar-refractivity contribution in [2.45, 2.75) is 18.9 Å². The predicted molar refractivity (Wildman–Crippen MR) is 85.5 cm³/mol. The minimum atomic E-state index is -1.83. The average Bonchev–Trinajstić information content (AvgIpc) is 2.31. The molecule has 0 spiro atoms. The number of hydrogen-bond donors (Lipinski definition) is 10. The number of aliphatic carboxylic acids is 1. The Morgan fingerprint density at radius 1 is 0.840 bits per heavy atom. The molecular weight excluding hydrogens is 380 g/mol. The maximum absolute atomic E-state index is 10.2. The van der Waals surface area contributed by atoms with E-state index in [1.54, 1.807) is 0 Å². The molecule has 0 aromatic carbocycles. The number of carboxylic acid groups (broad SMARTS) is 7. The predicted octanol–water partition coefficient (Wildman–Crippen LogP) is -1.04. The van der Waals surface area contributed by atoms with Gasteiger partial charge in [0.15, 0.2) is 5.96 Å². The van der Waals surface area contributed by atoms with Crippen LogP contribution in [0.4, 0.5) is 14.4 Å². The van der Waals surface area contributed by atoms with Crippen molar-refractivity contribution in [2.75, 3.05) is 6.54 Å². The first-order valence-corrected chi connectivity index (χ1v) is 5.53. The fraction of sp³-hybridized carbons (Fsp3) is 0.444. The van der Waals surface area contributed by atoms with Crippen LogP contribution in [-0.4, -0.2) is 116 Å². The molecule has 0 heterocycles. The zero-order valence-corrected chi connectivity index (χ0v) is 15.1. The summed E-state index contributed by atoms with van der Waals surface area (Å²) in [7, 11) is 0. The molecule has 0 aromatic rings. The number of nitrogens with two attached hydrogens (primary N) is 3. The van der Waals surface area contributed by atoms with Crippen LogP contribution in [0.25, 0.3) is 0 Å². The molecule has 0 rings (SSSR count). The number of rotatable bonds is 5. The van der Waals surface area contributed by atoms with E-state index in [0.717, 1.165) is 0 Å². The molecule has 0 saturated heterocycles. The topological polar surface area (TPSA) is 300 Å². The van der Waals surface area contributed by atoms with E-state index in [-0.39, 0.29) is 46.6 Å². The minimum Gasteiger partial charge on any atom is -1.00 e. The van der Waals surface area contributed by atoms with Gasteiger partial charge >= 0.3 is 62.2 Å². The third-order valence-corrected chi connectivity index (χ3v) is 1.28. The third kappa shape index (κ3) is 111. The van der Waals surface area contributed by atoms with Gasteiger partial charge in [0.25, 0.3) is 0 Å². The van der Waals surface area contributed by atoms with Gasteiger partial charge in [-0.2, -0.15) is 0 Å². The summed E-state index contributed by atoms with van der Waals surface area (Å²) in [5.74, 6) is -0.987. The first-order chi connectivity index (χ1) is 10.7. The normalized spacial score (nSPS) is 8.68. The molecule has 16 heteroatoms. The summed E-state index contributed by atoms with van der Waals surface area (Å²) in [6.07, 6.45) is -4.54. The zero-order chi connectivity index (χ0) is 20.3. The fourth-order valence-corrected chi connectivity index (χ4v) is 0.643. The summed E-state index contributed by atoms with van der Waals surface area (Å²) in [5.41, 5.74) is 15.3. The van der Waals surface area contributed by atoms with Crippen LogP contribution in [0, 0.1) is 0 Å². The van der Waals surface area contributed by atoms with Crippen molar-refractivity contribution in [3.8, 4) is 0 Å². The van der Waals surface area contributed by atoms with E-state index in [2.05, 4.69) is 4.99 Å². The summed E-state index contributed by atoms with van der Waals surface area (Å²) in [6.45, 7) is 0.420. The molecule has 0 amide bonds. The van der Waals surface area contributed by atoms with Gasteiger partial charge in [0.05, 0.1) is 0 Å². The number of hydrogen-bond acceptors (Lipinski definition) is 6. The van der Waals surface area contributed by atoms with E-state index < -0.39 is 30.5 Å². The van der Waals surface area contributed by atoms with E-state index >= 15 is 0 Å². The smallest absolute Gasteiger partial charge is 1.00 e. The summed E-state index contributed by atoms with van der Waals surface area (Å²) in [5, 5.41) is 50.2. The number of carbonyl (C=O) groups is 4. The van der Waals surface area contributed by atoms with Gasteiger partial charge in [-0.05, 0) is 12.8 Å². The van der Waals surface area contributed by atoms with Gasteiger partial charge in [-0.1, -0.05) is 0 Å². The Bertz CT molecular complexity index is 384. The third-order valence-electron chi connectivity index (χ3n) is 1.28. The number of aliphatic imine (C=N–C) groups is 1. The molecule has 146 valence electrons. The first-order valence-electron chi connectivity index (χ1n) is 5.53. The first kappa shape index (κ1) is 34.2. The maximum Gasteiger partial charge on any atom is 2.00 e. The van der Waals surface area contributed by atoms with Gasteiger partial charge < -0.3 is 55.8 Å². The SMILES string of the molecule is NC(N)=NCCC[C@H](N)C(=O)O.O=C(O)O.O=C(O)O.O=C(O)O.[Ca+2].[H-].[H-]. The van der Waals surface area contributed by atoms with Crippen molar-refractivity contribution in [1.82, 2.24) is 0 Å². The second-order valence-corrected chi connectivity index (χ2v) is 3.24. The number of carboxylic acids is 1. The largest absolute Gasteiger partial charge is 2.00 e. The molecule has 13 N–H and O–H groups in total. The molecule has 15 nitrogen and oxygen atoms in total. The Balaban J connectivity index is -0.0000000450. The average molecular weight is 402 g/mol. The minimum absolute atomic E-state index is 0. The van der Waals surface area contributed by atoms with E-state index in [1.165, 1.54) is 0 Å². The van der Waals surface area contributed by atoms with Gasteiger partial charge in [0.1, 0.15) is 6.04 Å². The Kier molecular flexibility index (Phi) is 32.8. The van der Waals surface area contributed by atoms with Crippen molar-refractivity contribution >= 4 is 68.1 Å². The Morgan fingerprint density at radius 3 is 1.32 bits per heavy atom. The van der Waals surface area contributed by atoms with Crippen molar-refractivity contribution in [3.63, 3.8) is 0 Å². The van der Waals surface area contributed by atoms with Gasteiger partial charge in [-0.15, -0.1) is 0 Å². The van der Waals surface area contributed by atoms with Gasteiger partial charge in [-0.25, -0.2) is 14.4 Å². The molecule has 0 radical (unpaired) electrons. The summed E-state index contributed by atoms with van der Waals surface area (Å²) in [4.78, 5) is 39.6. The van der Waals surface area contributed by atoms with Crippen LogP contribution < -0.4 is 17.2 Å². The van der Waals surface area contributed by atoms with Crippen LogP contribution in [0.15, 0.2) is 4.99 Å². The van der Waals surface area contributed by atoms with Crippen molar-refractivity contribution < 1.29 is 57.8 Å². The van der Waals surface area contributed by atoms with E-state index in [9.17, 15) is 4.79 Å². The standard InChI is InChI=1S/C6H14N4O2.3CH2O3.Ca.2H/c7-4(5(11)12)2-1-3-10-6(8)9;3*2-1(3)4;;;/h4H,1-3,7H2,(H,11,12)(H4,8,9,10);3*(H2,2,3,4);;;/q;;;;+2;2*-1/t4-;;;;;;/m0....../s1. The maximum atomic E-state index is 10.2. The van der Waals surface area contributed by atoms with Crippen LogP contribution in [0.5, 0.6) is 0 Å². The van der Waals surface area contributed by atoms with Crippen LogP contribution in [0.2, 0.25) is 0 Å². The fourth-order valence-electron chi connectivity index (χ4n) is 0.643. The Hall–Kier alpha value is -2.23. The molecule has 0 saturated carbocycles. The van der Waals surface area contributed by atoms with Crippen LogP contribution >= 0.6 is 0 Å². The molecule has 0 aliphatic rings. The number of guanidine groups is 1. The van der Waals surface area contributed by atoms with E-state index in [1.807, 2.05) is 0 Å². The number of nitrogens with zero attached hydrogens (tertiary/aromatic N) is 1. The quantitative estimate of drug-likeness (QED) is 0.114. The summed E-state index contributed by atoms with van der Waals surface area (Å²) in [6, 6.07) is -0.820. The monoisotopic (exact) mass is 402 g/mol. The van der Waals surface area contributed by atoms with Crippen LogP contribution in [0.3, 0.4) is 0 Å². The van der Waals surface area contributed by atoms with Crippen molar-refractivity contribution in [3.05, 3.63) is 0 Å². The second-order valence-electron chi connectivity index (χ2n) is 3.24. The van der Waals surface area contributed by atoms with Gasteiger partial charge in [0.2, 0.25) is 0 Å². The van der Waals surface area contributed by atoms with Gasteiger partial charge in [-0.3, -0.25) is 9.79 Å². The van der Waals surface area contributed by atoms with Crippen LogP contribution in [-0.2, 0) is 4.79 Å². The van der Waals surface area contributed by atoms with Crippen LogP contribution in [0.1, 0.15) is 15.7 Å². The molecule has 0 aromatic heterocycles. The summed E-state index contributed by atoms with van der Waals surface area (Å²) >= 11 is 0. The second kappa shape index (κ2) is 24.0. The van der Waals surface area contributed by atoms with Gasteiger partial charge in [0, 0.05) is 6.54 Å². The Labute approximate surface area is 173 Å². The molecule has 0 bridgehead atoms. The molecule has 1 atom stereocenters. The summed E-state index contributed by atoms with van der Waals surface area (Å²) < 4.78 is 0. The molecule has 0 fully saturated rings. The molecule has 0 aliphatic heterocycles. The Morgan fingerprint density at radius 2 is 1.12 bits per heavy atom.